The molecule has 0 fully saturated rings. The lowest BCUT2D eigenvalue weighted by Gasteiger charge is -2.01. The van der Waals surface area contributed by atoms with Crippen molar-refractivity contribution in [3.63, 3.8) is 0 Å². The van der Waals surface area contributed by atoms with Gasteiger partial charge in [-0.15, -0.1) is 0 Å². The second-order valence-electron chi connectivity index (χ2n) is 3.89. The second kappa shape index (κ2) is 3.14. The summed E-state index contributed by atoms with van der Waals surface area (Å²) in [7, 11) is 2.01. The molecule has 1 aromatic carbocycles. The highest BCUT2D eigenvalue weighted by molar-refractivity contribution is 5.84. The fraction of sp³-hybridized carbons (Fsp3) is 0.333. The van der Waals surface area contributed by atoms with Gasteiger partial charge in [0.05, 0.1) is 6.10 Å². The van der Waals surface area contributed by atoms with Gasteiger partial charge in [-0.05, 0) is 25.5 Å². The molecule has 2 heteroatoms. The number of hydrogen-bond acceptors (Lipinski definition) is 1. The molecule has 2 rings (SSSR count). The molecule has 2 nitrogen and oxygen atoms in total. The standard InChI is InChI=1S/C12H15NO/c1-8-4-5-10-11(9(2)14)7-13(3)12(10)6-8/h4-7,9,14H,1-3H3/t9-/m0/s1. The van der Waals surface area contributed by atoms with Crippen molar-refractivity contribution >= 4 is 10.9 Å². The molecule has 0 aliphatic carbocycles. The molecule has 0 saturated carbocycles. The van der Waals surface area contributed by atoms with Crippen LogP contribution in [0.15, 0.2) is 24.4 Å². The van der Waals surface area contributed by atoms with Crippen LogP contribution in [0, 0.1) is 6.92 Å². The van der Waals surface area contributed by atoms with Crippen LogP contribution >= 0.6 is 0 Å². The lowest BCUT2D eigenvalue weighted by atomic mass is 10.1. The van der Waals surface area contributed by atoms with Gasteiger partial charge >= 0.3 is 0 Å². The third-order valence-corrected chi connectivity index (χ3v) is 2.63. The van der Waals surface area contributed by atoms with Crippen LogP contribution in [0.3, 0.4) is 0 Å². The van der Waals surface area contributed by atoms with Gasteiger partial charge in [0, 0.05) is 29.7 Å². The Labute approximate surface area is 83.8 Å². The van der Waals surface area contributed by atoms with E-state index in [0.29, 0.717) is 0 Å². The third-order valence-electron chi connectivity index (χ3n) is 2.63. The van der Waals surface area contributed by atoms with E-state index in [4.69, 9.17) is 0 Å². The number of aromatic nitrogens is 1. The maximum Gasteiger partial charge on any atom is 0.0782 e. The summed E-state index contributed by atoms with van der Waals surface area (Å²) < 4.78 is 2.06. The zero-order chi connectivity index (χ0) is 10.3. The average Bonchev–Trinajstić information content (AvgIpc) is 2.44. The van der Waals surface area contributed by atoms with Crippen LogP contribution in [0.25, 0.3) is 10.9 Å². The van der Waals surface area contributed by atoms with Crippen molar-refractivity contribution < 1.29 is 5.11 Å². The van der Waals surface area contributed by atoms with Gasteiger partial charge in [0.1, 0.15) is 0 Å². The summed E-state index contributed by atoms with van der Waals surface area (Å²) in [4.78, 5) is 0. The van der Waals surface area contributed by atoms with Crippen molar-refractivity contribution in [2.75, 3.05) is 0 Å². The maximum atomic E-state index is 9.59. The first-order chi connectivity index (χ1) is 6.59. The van der Waals surface area contributed by atoms with E-state index in [-0.39, 0.29) is 0 Å². The van der Waals surface area contributed by atoms with Crippen molar-refractivity contribution in [3.05, 3.63) is 35.5 Å². The highest BCUT2D eigenvalue weighted by Gasteiger charge is 2.10. The van der Waals surface area contributed by atoms with Gasteiger partial charge in [-0.1, -0.05) is 12.1 Å². The van der Waals surface area contributed by atoms with Crippen molar-refractivity contribution in [1.82, 2.24) is 4.57 Å². The molecule has 0 bridgehead atoms. The molecule has 14 heavy (non-hydrogen) atoms. The van der Waals surface area contributed by atoms with Crippen LogP contribution < -0.4 is 0 Å². The minimum absolute atomic E-state index is 0.401. The van der Waals surface area contributed by atoms with Crippen molar-refractivity contribution in [3.8, 4) is 0 Å². The molecule has 74 valence electrons. The molecule has 0 aliphatic heterocycles. The van der Waals surface area contributed by atoms with Gasteiger partial charge in [0.15, 0.2) is 0 Å². The smallest absolute Gasteiger partial charge is 0.0782 e. The van der Waals surface area contributed by atoms with Gasteiger partial charge < -0.3 is 9.67 Å². The van der Waals surface area contributed by atoms with Gasteiger partial charge in [0.2, 0.25) is 0 Å². The van der Waals surface area contributed by atoms with Gasteiger partial charge in [-0.25, -0.2) is 0 Å². The normalized spacial score (nSPS) is 13.4. The summed E-state index contributed by atoms with van der Waals surface area (Å²) >= 11 is 0. The maximum absolute atomic E-state index is 9.59. The molecule has 0 radical (unpaired) electrons. The second-order valence-corrected chi connectivity index (χ2v) is 3.89. The summed E-state index contributed by atoms with van der Waals surface area (Å²) in [6, 6.07) is 6.29. The zero-order valence-corrected chi connectivity index (χ0v) is 8.78. The summed E-state index contributed by atoms with van der Waals surface area (Å²) in [5, 5.41) is 10.7. The first-order valence-corrected chi connectivity index (χ1v) is 4.83. The number of nitrogens with zero attached hydrogens (tertiary/aromatic N) is 1. The van der Waals surface area contributed by atoms with Crippen LogP contribution in [-0.4, -0.2) is 9.67 Å². The lowest BCUT2D eigenvalue weighted by molar-refractivity contribution is 0.200. The Hall–Kier alpha value is -1.28. The molecule has 0 amide bonds. The van der Waals surface area contributed by atoms with Gasteiger partial charge in [-0.2, -0.15) is 0 Å². The first-order valence-electron chi connectivity index (χ1n) is 4.83. The van der Waals surface area contributed by atoms with E-state index in [1.807, 2.05) is 13.2 Å². The molecule has 0 saturated heterocycles. The topological polar surface area (TPSA) is 25.2 Å². The van der Waals surface area contributed by atoms with Crippen LogP contribution in [-0.2, 0) is 7.05 Å². The Morgan fingerprint density at radius 2 is 2.07 bits per heavy atom. The number of aryl methyl sites for hydroxylation is 2. The number of rotatable bonds is 1. The number of aliphatic hydroxyl groups excluding tert-OH is 1. The van der Waals surface area contributed by atoms with E-state index in [0.717, 1.165) is 10.9 Å². The Balaban J connectivity index is 2.77. The Morgan fingerprint density at radius 3 is 2.71 bits per heavy atom. The van der Waals surface area contributed by atoms with Gasteiger partial charge in [0.25, 0.3) is 0 Å². The van der Waals surface area contributed by atoms with Crippen molar-refractivity contribution in [2.24, 2.45) is 7.05 Å². The molecule has 0 spiro atoms. The Morgan fingerprint density at radius 1 is 1.36 bits per heavy atom. The molecular formula is C12H15NO. The molecule has 2 aromatic rings. The molecule has 1 atom stereocenters. The minimum Gasteiger partial charge on any atom is -0.389 e. The average molecular weight is 189 g/mol. The van der Waals surface area contributed by atoms with E-state index in [1.165, 1.54) is 11.1 Å². The fourth-order valence-electron chi connectivity index (χ4n) is 1.86. The van der Waals surface area contributed by atoms with E-state index in [9.17, 15) is 5.11 Å². The Bertz CT molecular complexity index is 468. The van der Waals surface area contributed by atoms with E-state index in [2.05, 4.69) is 29.7 Å². The molecule has 1 heterocycles. The van der Waals surface area contributed by atoms with Crippen molar-refractivity contribution in [1.29, 1.82) is 0 Å². The quantitative estimate of drug-likeness (QED) is 0.732. The summed E-state index contributed by atoms with van der Waals surface area (Å²) in [5.41, 5.74) is 3.43. The number of fused-ring (bicyclic) bond motifs is 1. The fourth-order valence-corrected chi connectivity index (χ4v) is 1.86. The van der Waals surface area contributed by atoms with E-state index < -0.39 is 6.10 Å². The van der Waals surface area contributed by atoms with Crippen LogP contribution in [0.5, 0.6) is 0 Å². The Kier molecular flexibility index (Phi) is 2.08. The molecule has 1 N–H and O–H groups in total. The monoisotopic (exact) mass is 189 g/mol. The van der Waals surface area contributed by atoms with Crippen LogP contribution in [0.2, 0.25) is 0 Å². The molecule has 1 aromatic heterocycles. The third kappa shape index (κ3) is 1.32. The summed E-state index contributed by atoms with van der Waals surface area (Å²) in [6.07, 6.45) is 1.59. The number of hydrogen-bond donors (Lipinski definition) is 1. The van der Waals surface area contributed by atoms with Crippen LogP contribution in [0.4, 0.5) is 0 Å². The highest BCUT2D eigenvalue weighted by atomic mass is 16.3. The summed E-state index contributed by atoms with van der Waals surface area (Å²) in [6.45, 7) is 3.88. The number of benzene rings is 1. The van der Waals surface area contributed by atoms with Crippen LogP contribution in [0.1, 0.15) is 24.2 Å². The summed E-state index contributed by atoms with van der Waals surface area (Å²) in [5.74, 6) is 0. The predicted octanol–water partition coefficient (Wildman–Crippen LogP) is 2.54. The predicted molar refractivity (Wildman–Crippen MR) is 58.3 cm³/mol. The van der Waals surface area contributed by atoms with E-state index >= 15 is 0 Å². The molecule has 0 aliphatic rings. The minimum atomic E-state index is -0.401. The van der Waals surface area contributed by atoms with E-state index in [1.54, 1.807) is 6.92 Å². The van der Waals surface area contributed by atoms with Crippen molar-refractivity contribution in [2.45, 2.75) is 20.0 Å². The number of aliphatic hydroxyl groups is 1. The molecular weight excluding hydrogens is 174 g/mol. The molecule has 0 unspecified atom stereocenters. The highest BCUT2D eigenvalue weighted by Crippen LogP contribution is 2.26. The largest absolute Gasteiger partial charge is 0.389 e. The SMILES string of the molecule is Cc1ccc2c([C@H](C)O)cn(C)c2c1. The first kappa shape index (κ1) is 9.28. The zero-order valence-electron chi connectivity index (χ0n) is 8.78. The van der Waals surface area contributed by atoms with Gasteiger partial charge in [-0.3, -0.25) is 0 Å². The lowest BCUT2D eigenvalue weighted by Crippen LogP contribution is -1.88.